The monoisotopic (exact) mass is 492 g/mol. The molecule has 0 saturated carbocycles. The third kappa shape index (κ3) is 4.33. The Balaban J connectivity index is 1.38. The van der Waals surface area contributed by atoms with Crippen LogP contribution in [0, 0.1) is 4.84 Å². The van der Waals surface area contributed by atoms with Gasteiger partial charge in [-0.05, 0) is 54.7 Å². The summed E-state index contributed by atoms with van der Waals surface area (Å²) in [6.45, 7) is 3.02. The van der Waals surface area contributed by atoms with Crippen LogP contribution < -0.4 is 0 Å². The lowest BCUT2D eigenvalue weighted by Gasteiger charge is -2.26. The smallest absolute Gasteiger partial charge is 0.288 e. The predicted molar refractivity (Wildman–Crippen MR) is 123 cm³/mol. The Labute approximate surface area is 196 Å². The van der Waals surface area contributed by atoms with E-state index in [1.165, 1.54) is 9.18 Å². The molecule has 8 nitrogen and oxygen atoms in total. The molecule has 0 unspecified atom stereocenters. The highest BCUT2D eigenvalue weighted by atomic mass is 32.2. The first kappa shape index (κ1) is 21.9. The second-order valence-corrected chi connectivity index (χ2v) is 11.1. The van der Waals surface area contributed by atoms with Gasteiger partial charge in [0.15, 0.2) is 0 Å². The predicted octanol–water partition coefficient (Wildman–Crippen LogP) is 3.75. The lowest BCUT2D eigenvalue weighted by atomic mass is 10.2. The van der Waals surface area contributed by atoms with Gasteiger partial charge in [0.25, 0.3) is 4.84 Å². The summed E-state index contributed by atoms with van der Waals surface area (Å²) >= 11 is 7.19. The van der Waals surface area contributed by atoms with E-state index >= 15 is 0 Å². The molecule has 2 saturated heterocycles. The standard InChI is InChI=1S/C21H24N4O4S3/c26-32(27,24-9-11-28-12-10-24)17-5-1-4-16(14-17)20-22-25(21(30)29-20)15-23-8-2-6-18(23)19-7-3-13-31-19/h1,3-5,7,13-14,18H,2,6,8-12,15H2/t18-/m0/s1. The van der Waals surface area contributed by atoms with Gasteiger partial charge < -0.3 is 9.15 Å². The van der Waals surface area contributed by atoms with Crippen LogP contribution in [0.15, 0.2) is 51.1 Å². The van der Waals surface area contributed by atoms with Crippen molar-refractivity contribution in [2.24, 2.45) is 0 Å². The van der Waals surface area contributed by atoms with Gasteiger partial charge in [-0.25, -0.2) is 13.1 Å². The number of morpholine rings is 1. The summed E-state index contributed by atoms with van der Waals surface area (Å²) in [4.78, 5) is 4.19. The van der Waals surface area contributed by atoms with Crippen molar-refractivity contribution in [1.82, 2.24) is 19.0 Å². The normalized spacial score (nSPS) is 20.7. The highest BCUT2D eigenvalue weighted by molar-refractivity contribution is 7.89. The first-order chi connectivity index (χ1) is 15.5. The molecule has 32 heavy (non-hydrogen) atoms. The van der Waals surface area contributed by atoms with Gasteiger partial charge in [-0.1, -0.05) is 12.1 Å². The molecule has 4 heterocycles. The number of thiophene rings is 1. The van der Waals surface area contributed by atoms with Crippen LogP contribution in [-0.2, 0) is 21.4 Å². The van der Waals surface area contributed by atoms with E-state index in [9.17, 15) is 8.42 Å². The van der Waals surface area contributed by atoms with Crippen molar-refractivity contribution in [3.63, 3.8) is 0 Å². The van der Waals surface area contributed by atoms with Gasteiger partial charge in [0.2, 0.25) is 15.9 Å². The molecule has 2 fully saturated rings. The molecule has 0 N–H and O–H groups in total. The van der Waals surface area contributed by atoms with E-state index in [0.29, 0.717) is 50.5 Å². The van der Waals surface area contributed by atoms with Crippen LogP contribution in [0.3, 0.4) is 0 Å². The van der Waals surface area contributed by atoms with E-state index in [0.717, 1.165) is 19.4 Å². The molecular weight excluding hydrogens is 468 g/mol. The van der Waals surface area contributed by atoms with Gasteiger partial charge in [-0.15, -0.1) is 16.4 Å². The molecule has 1 atom stereocenters. The zero-order valence-electron chi connectivity index (χ0n) is 17.4. The Bertz CT molecular complexity index is 1230. The lowest BCUT2D eigenvalue weighted by molar-refractivity contribution is 0.0730. The van der Waals surface area contributed by atoms with Crippen molar-refractivity contribution in [2.75, 3.05) is 32.8 Å². The maximum atomic E-state index is 13.0. The van der Waals surface area contributed by atoms with Crippen LogP contribution in [-0.4, -0.2) is 60.3 Å². The van der Waals surface area contributed by atoms with Gasteiger partial charge in [-0.2, -0.15) is 4.31 Å². The maximum Gasteiger partial charge on any atom is 0.288 e. The minimum absolute atomic E-state index is 0.213. The molecule has 2 aliphatic rings. The molecule has 0 amide bonds. The second-order valence-electron chi connectivity index (χ2n) is 7.84. The molecule has 0 bridgehead atoms. The van der Waals surface area contributed by atoms with Gasteiger partial charge in [0.1, 0.15) is 0 Å². The van der Waals surface area contributed by atoms with Crippen LogP contribution in [0.2, 0.25) is 0 Å². The quantitative estimate of drug-likeness (QED) is 0.485. The fourth-order valence-electron chi connectivity index (χ4n) is 4.21. The van der Waals surface area contributed by atoms with Gasteiger partial charge in [0.05, 0.1) is 24.8 Å². The molecule has 170 valence electrons. The highest BCUT2D eigenvalue weighted by Crippen LogP contribution is 2.35. The average molecular weight is 493 g/mol. The Hall–Kier alpha value is -1.89. The minimum atomic E-state index is -3.60. The molecule has 5 rings (SSSR count). The van der Waals surface area contributed by atoms with E-state index in [1.54, 1.807) is 40.3 Å². The van der Waals surface area contributed by atoms with Crippen LogP contribution in [0.1, 0.15) is 23.8 Å². The van der Waals surface area contributed by atoms with Crippen LogP contribution in [0.4, 0.5) is 0 Å². The summed E-state index contributed by atoms with van der Waals surface area (Å²) in [5, 5.41) is 6.67. The van der Waals surface area contributed by atoms with Crippen molar-refractivity contribution in [3.8, 4) is 11.5 Å². The summed E-state index contributed by atoms with van der Waals surface area (Å²) in [6, 6.07) is 11.3. The summed E-state index contributed by atoms with van der Waals surface area (Å²) in [5.74, 6) is 0.320. The topological polar surface area (TPSA) is 80.8 Å². The van der Waals surface area contributed by atoms with Crippen molar-refractivity contribution in [2.45, 2.75) is 30.4 Å². The summed E-state index contributed by atoms with van der Waals surface area (Å²) in [7, 11) is -3.60. The number of rotatable bonds is 6. The molecule has 2 aromatic heterocycles. The number of sulfonamides is 1. The molecule has 11 heteroatoms. The van der Waals surface area contributed by atoms with Crippen molar-refractivity contribution in [1.29, 1.82) is 0 Å². The van der Waals surface area contributed by atoms with Crippen LogP contribution in [0.25, 0.3) is 11.5 Å². The zero-order valence-corrected chi connectivity index (χ0v) is 19.9. The number of nitrogens with zero attached hydrogens (tertiary/aromatic N) is 4. The number of likely N-dealkylation sites (tertiary alicyclic amines) is 1. The third-order valence-corrected chi connectivity index (χ3v) is 9.01. The number of aromatic nitrogens is 2. The number of hydrogen-bond acceptors (Lipinski definition) is 8. The fraction of sp³-hybridized carbons (Fsp3) is 0.429. The third-order valence-electron chi connectivity index (χ3n) is 5.85. The molecular formula is C21H24N4O4S3. The molecule has 0 spiro atoms. The molecule has 2 aliphatic heterocycles. The van der Waals surface area contributed by atoms with Crippen LogP contribution >= 0.6 is 23.6 Å². The number of benzene rings is 1. The zero-order chi connectivity index (χ0) is 22.1. The average Bonchev–Trinajstić information content (AvgIpc) is 3.57. The van der Waals surface area contributed by atoms with E-state index in [1.807, 2.05) is 0 Å². The Morgan fingerprint density at radius 1 is 1.16 bits per heavy atom. The maximum absolute atomic E-state index is 13.0. The summed E-state index contributed by atoms with van der Waals surface area (Å²) in [6.07, 6.45) is 2.24. The van der Waals surface area contributed by atoms with E-state index in [4.69, 9.17) is 21.4 Å². The Kier molecular flexibility index (Phi) is 6.28. The van der Waals surface area contributed by atoms with E-state index in [-0.39, 0.29) is 9.73 Å². The van der Waals surface area contributed by atoms with Gasteiger partial charge in [0, 0.05) is 36.1 Å². The van der Waals surface area contributed by atoms with E-state index in [2.05, 4.69) is 27.5 Å². The van der Waals surface area contributed by atoms with Crippen molar-refractivity contribution >= 4 is 33.6 Å². The Morgan fingerprint density at radius 3 is 2.78 bits per heavy atom. The van der Waals surface area contributed by atoms with Gasteiger partial charge >= 0.3 is 0 Å². The van der Waals surface area contributed by atoms with Crippen LogP contribution in [0.5, 0.6) is 0 Å². The molecule has 1 aromatic carbocycles. The van der Waals surface area contributed by atoms with E-state index < -0.39 is 10.0 Å². The number of ether oxygens (including phenoxy) is 1. The summed E-state index contributed by atoms with van der Waals surface area (Å²) in [5.41, 5.74) is 0.584. The molecule has 0 aliphatic carbocycles. The minimum Gasteiger partial charge on any atom is -0.409 e. The molecule has 0 radical (unpaired) electrons. The lowest BCUT2D eigenvalue weighted by Crippen LogP contribution is -2.40. The van der Waals surface area contributed by atoms with Crippen molar-refractivity contribution < 1.29 is 17.6 Å². The molecule has 3 aromatic rings. The largest absolute Gasteiger partial charge is 0.409 e. The van der Waals surface area contributed by atoms with Crippen molar-refractivity contribution in [3.05, 3.63) is 51.5 Å². The highest BCUT2D eigenvalue weighted by Gasteiger charge is 2.29. The fourth-order valence-corrected chi connectivity index (χ4v) is 6.74. The SMILES string of the molecule is O=S(=O)(c1cccc(-c2nn(CN3CCC[C@H]3c3cccs3)c(=S)o2)c1)N1CCOCC1. The van der Waals surface area contributed by atoms with Gasteiger partial charge in [-0.3, -0.25) is 4.90 Å². The first-order valence-corrected chi connectivity index (χ1v) is 13.3. The second kappa shape index (κ2) is 9.16. The Morgan fingerprint density at radius 2 is 2.00 bits per heavy atom. The first-order valence-electron chi connectivity index (χ1n) is 10.6. The summed E-state index contributed by atoms with van der Waals surface area (Å²) < 4.78 is 40.2. The number of hydrogen-bond donors (Lipinski definition) is 0.